The fraction of sp³-hybridized carbons (Fsp3) is 0.533. The summed E-state index contributed by atoms with van der Waals surface area (Å²) in [5.41, 5.74) is -1.02. The number of ether oxygens (including phenoxy) is 3. The van der Waals surface area contributed by atoms with Gasteiger partial charge in [-0.05, 0) is 12.1 Å². The third kappa shape index (κ3) is 3.85. The van der Waals surface area contributed by atoms with Gasteiger partial charge in [0.1, 0.15) is 0 Å². The summed E-state index contributed by atoms with van der Waals surface area (Å²) >= 11 is 0. The molecule has 1 aromatic rings. The van der Waals surface area contributed by atoms with E-state index >= 15 is 0 Å². The van der Waals surface area contributed by atoms with Crippen LogP contribution in [0.5, 0.6) is 0 Å². The lowest BCUT2D eigenvalue weighted by molar-refractivity contribution is -0.147. The Morgan fingerprint density at radius 1 is 1.23 bits per heavy atom. The Morgan fingerprint density at radius 2 is 1.91 bits per heavy atom. The third-order valence-electron chi connectivity index (χ3n) is 3.70. The Labute approximate surface area is 130 Å². The number of hydrogen-bond donors (Lipinski definition) is 0. The van der Waals surface area contributed by atoms with Crippen molar-refractivity contribution in [3.8, 4) is 0 Å². The largest absolute Gasteiger partial charge is 0.469 e. The number of carbonyl (C=O) groups is 1. The van der Waals surface area contributed by atoms with E-state index in [2.05, 4.69) is 4.74 Å². The summed E-state index contributed by atoms with van der Waals surface area (Å²) < 4.78 is 40.9. The lowest BCUT2D eigenvalue weighted by Crippen LogP contribution is -2.41. The second-order valence-electron chi connectivity index (χ2n) is 5.16. The Hall–Kier alpha value is -1.44. The van der Waals surface area contributed by atoms with E-state index in [1.54, 1.807) is 18.2 Å². The number of methoxy groups -OCH3 is 2. The van der Waals surface area contributed by atoms with Gasteiger partial charge in [0.25, 0.3) is 0 Å². The lowest BCUT2D eigenvalue weighted by atomic mass is 10.0. The maximum absolute atomic E-state index is 12.7. The van der Waals surface area contributed by atoms with Crippen LogP contribution in [0.1, 0.15) is 19.3 Å². The molecule has 1 aliphatic heterocycles. The standard InChI is InChI=1S/C15H20O6S/c1-19-11-8-12(9-14(16)20-2)21-15(10-11)22(17,18)13-6-4-3-5-7-13/h3-7,11-12,15H,8-10H2,1-2H3/t11-,12-,15-/m0/s1. The fourth-order valence-electron chi connectivity index (χ4n) is 2.48. The minimum absolute atomic E-state index is 0.0111. The van der Waals surface area contributed by atoms with Gasteiger partial charge in [-0.3, -0.25) is 4.79 Å². The first-order chi connectivity index (χ1) is 10.5. The zero-order chi connectivity index (χ0) is 16.2. The second-order valence-corrected chi connectivity index (χ2v) is 7.24. The van der Waals surface area contributed by atoms with Gasteiger partial charge in [0.05, 0.1) is 30.6 Å². The monoisotopic (exact) mass is 328 g/mol. The highest BCUT2D eigenvalue weighted by Gasteiger charge is 2.39. The van der Waals surface area contributed by atoms with Crippen LogP contribution in [0, 0.1) is 0 Å². The van der Waals surface area contributed by atoms with E-state index in [1.165, 1.54) is 26.4 Å². The molecule has 0 aromatic heterocycles. The van der Waals surface area contributed by atoms with Crippen LogP contribution < -0.4 is 0 Å². The molecule has 1 fully saturated rings. The number of carbonyl (C=O) groups excluding carboxylic acids is 1. The summed E-state index contributed by atoms with van der Waals surface area (Å²) in [6, 6.07) is 8.14. The summed E-state index contributed by atoms with van der Waals surface area (Å²) in [5, 5.41) is 0. The van der Waals surface area contributed by atoms with E-state index in [9.17, 15) is 13.2 Å². The molecule has 0 radical (unpaired) electrons. The molecule has 2 rings (SSSR count). The molecule has 1 aliphatic rings. The first kappa shape index (κ1) is 16.9. The molecular weight excluding hydrogens is 308 g/mol. The van der Waals surface area contributed by atoms with E-state index in [0.29, 0.717) is 6.42 Å². The van der Waals surface area contributed by atoms with Crippen LogP contribution in [0.4, 0.5) is 0 Å². The Balaban J connectivity index is 2.20. The molecular formula is C15H20O6S. The van der Waals surface area contributed by atoms with Gasteiger partial charge in [-0.25, -0.2) is 8.42 Å². The van der Waals surface area contributed by atoms with Crippen LogP contribution in [0.2, 0.25) is 0 Å². The SMILES string of the molecule is COC(=O)C[C@@H]1C[C@H](OC)C[C@H](S(=O)(=O)c2ccccc2)O1. The van der Waals surface area contributed by atoms with Crippen LogP contribution >= 0.6 is 0 Å². The van der Waals surface area contributed by atoms with Gasteiger partial charge in [0.15, 0.2) is 5.44 Å². The summed E-state index contributed by atoms with van der Waals surface area (Å²) in [4.78, 5) is 11.6. The van der Waals surface area contributed by atoms with Crippen LogP contribution in [0.3, 0.4) is 0 Å². The van der Waals surface area contributed by atoms with Crippen molar-refractivity contribution < 1.29 is 27.4 Å². The minimum atomic E-state index is -3.63. The highest BCUT2D eigenvalue weighted by Crippen LogP contribution is 2.30. The van der Waals surface area contributed by atoms with Crippen molar-refractivity contribution in [2.45, 2.75) is 41.8 Å². The molecule has 0 bridgehead atoms. The normalized spacial score (nSPS) is 25.6. The zero-order valence-electron chi connectivity index (χ0n) is 12.6. The van der Waals surface area contributed by atoms with Crippen LogP contribution in [0.25, 0.3) is 0 Å². The number of benzene rings is 1. The molecule has 6 nitrogen and oxygen atoms in total. The van der Waals surface area contributed by atoms with Gasteiger partial charge in [-0.2, -0.15) is 0 Å². The van der Waals surface area contributed by atoms with E-state index in [4.69, 9.17) is 9.47 Å². The van der Waals surface area contributed by atoms with Gasteiger partial charge >= 0.3 is 5.97 Å². The van der Waals surface area contributed by atoms with E-state index in [1.807, 2.05) is 0 Å². The lowest BCUT2D eigenvalue weighted by Gasteiger charge is -2.34. The summed E-state index contributed by atoms with van der Waals surface area (Å²) in [6.45, 7) is 0. The smallest absolute Gasteiger partial charge is 0.308 e. The van der Waals surface area contributed by atoms with E-state index in [0.717, 1.165) is 0 Å². The number of hydrogen-bond acceptors (Lipinski definition) is 6. The maximum Gasteiger partial charge on any atom is 0.308 e. The fourth-order valence-corrected chi connectivity index (χ4v) is 4.10. The summed E-state index contributed by atoms with van der Waals surface area (Å²) in [5.74, 6) is -0.433. The molecule has 1 aromatic carbocycles. The maximum atomic E-state index is 12.7. The van der Waals surface area contributed by atoms with Crippen LogP contribution in [-0.4, -0.2) is 46.3 Å². The van der Waals surface area contributed by atoms with Crippen LogP contribution in [0.15, 0.2) is 35.2 Å². The number of rotatable bonds is 5. The van der Waals surface area contributed by atoms with Crippen LogP contribution in [-0.2, 0) is 28.8 Å². The number of esters is 1. The Bertz CT molecular complexity index is 598. The van der Waals surface area contributed by atoms with E-state index in [-0.39, 0.29) is 23.8 Å². The third-order valence-corrected chi connectivity index (χ3v) is 5.62. The molecule has 1 saturated heterocycles. The van der Waals surface area contributed by atoms with Crippen molar-refractivity contribution in [2.75, 3.05) is 14.2 Å². The van der Waals surface area contributed by atoms with Gasteiger partial charge in [-0.15, -0.1) is 0 Å². The van der Waals surface area contributed by atoms with Crippen molar-refractivity contribution in [3.63, 3.8) is 0 Å². The highest BCUT2D eigenvalue weighted by molar-refractivity contribution is 7.91. The topological polar surface area (TPSA) is 78.9 Å². The van der Waals surface area contributed by atoms with Crippen molar-refractivity contribution in [1.82, 2.24) is 0 Å². The predicted octanol–water partition coefficient (Wildman–Crippen LogP) is 1.54. The summed E-state index contributed by atoms with van der Waals surface area (Å²) in [7, 11) is -0.821. The predicted molar refractivity (Wildman–Crippen MR) is 79.0 cm³/mol. The average molecular weight is 328 g/mol. The van der Waals surface area contributed by atoms with Gasteiger partial charge in [0.2, 0.25) is 9.84 Å². The molecule has 0 saturated carbocycles. The zero-order valence-corrected chi connectivity index (χ0v) is 13.4. The molecule has 3 atom stereocenters. The minimum Gasteiger partial charge on any atom is -0.469 e. The molecule has 7 heteroatoms. The van der Waals surface area contributed by atoms with Gasteiger partial charge in [-0.1, -0.05) is 18.2 Å². The molecule has 0 amide bonds. The van der Waals surface area contributed by atoms with Crippen molar-refractivity contribution in [3.05, 3.63) is 30.3 Å². The Morgan fingerprint density at radius 3 is 2.50 bits per heavy atom. The Kier molecular flexibility index (Phi) is 5.55. The average Bonchev–Trinajstić information content (AvgIpc) is 2.55. The van der Waals surface area contributed by atoms with Gasteiger partial charge in [0, 0.05) is 20.0 Å². The van der Waals surface area contributed by atoms with Crippen molar-refractivity contribution in [2.24, 2.45) is 0 Å². The quantitative estimate of drug-likeness (QED) is 0.763. The van der Waals surface area contributed by atoms with Crippen molar-refractivity contribution >= 4 is 15.8 Å². The van der Waals surface area contributed by atoms with E-state index < -0.39 is 27.3 Å². The molecule has 1 heterocycles. The highest BCUT2D eigenvalue weighted by atomic mass is 32.2. The number of sulfone groups is 1. The molecule has 0 spiro atoms. The van der Waals surface area contributed by atoms with Crippen molar-refractivity contribution in [1.29, 1.82) is 0 Å². The molecule has 0 N–H and O–H groups in total. The van der Waals surface area contributed by atoms with Gasteiger partial charge < -0.3 is 14.2 Å². The molecule has 0 aliphatic carbocycles. The first-order valence-electron chi connectivity index (χ1n) is 7.01. The molecule has 122 valence electrons. The first-order valence-corrected chi connectivity index (χ1v) is 8.56. The molecule has 0 unspecified atom stereocenters. The molecule has 22 heavy (non-hydrogen) atoms. The summed E-state index contributed by atoms with van der Waals surface area (Å²) in [6.07, 6.45) is -0.0869. The second kappa shape index (κ2) is 7.21.